The molecular weight excluding hydrogens is 392 g/mol. The predicted molar refractivity (Wildman–Crippen MR) is 115 cm³/mol. The highest BCUT2D eigenvalue weighted by molar-refractivity contribution is 5.80. The molecule has 0 bridgehead atoms. The minimum Gasteiger partial charge on any atom is -0.278 e. The van der Waals surface area contributed by atoms with Gasteiger partial charge in [0.25, 0.3) is 11.3 Å². The van der Waals surface area contributed by atoms with E-state index >= 15 is 0 Å². The van der Waals surface area contributed by atoms with Gasteiger partial charge >= 0.3 is 0 Å². The van der Waals surface area contributed by atoms with Crippen molar-refractivity contribution in [1.82, 2.24) is 40.2 Å². The largest absolute Gasteiger partial charge is 0.278 e. The Bertz CT molecular complexity index is 1380. The maximum atomic E-state index is 13.0. The number of nitrogens with zero attached hydrogens (tertiary/aromatic N) is 6. The van der Waals surface area contributed by atoms with E-state index in [1.807, 2.05) is 48.5 Å². The minimum atomic E-state index is -0.0996. The molecule has 0 amide bonds. The van der Waals surface area contributed by atoms with Crippen molar-refractivity contribution in [3.63, 3.8) is 0 Å². The third-order valence-electron chi connectivity index (χ3n) is 5.26. The Hall–Kier alpha value is -4.14. The molecule has 3 heterocycles. The monoisotopic (exact) mass is 412 g/mol. The van der Waals surface area contributed by atoms with Crippen LogP contribution in [-0.4, -0.2) is 40.2 Å². The maximum Gasteiger partial charge on any atom is 0.277 e. The minimum absolute atomic E-state index is 0.0996. The van der Waals surface area contributed by atoms with E-state index in [9.17, 15) is 4.79 Å². The first kappa shape index (κ1) is 18.9. The summed E-state index contributed by atoms with van der Waals surface area (Å²) < 4.78 is 1.39. The summed E-state index contributed by atoms with van der Waals surface area (Å²) in [5, 5.41) is 17.2. The smallest absolute Gasteiger partial charge is 0.277 e. The van der Waals surface area contributed by atoms with Gasteiger partial charge in [-0.15, -0.1) is 10.2 Å². The Balaban J connectivity index is 1.50. The van der Waals surface area contributed by atoms with E-state index in [4.69, 9.17) is 0 Å². The van der Waals surface area contributed by atoms with Crippen molar-refractivity contribution >= 4 is 5.78 Å². The van der Waals surface area contributed by atoms with Gasteiger partial charge in [0.1, 0.15) is 6.33 Å². The zero-order valence-corrected chi connectivity index (χ0v) is 16.9. The van der Waals surface area contributed by atoms with Gasteiger partial charge in [-0.2, -0.15) is 9.73 Å². The molecule has 3 aromatic heterocycles. The summed E-state index contributed by atoms with van der Waals surface area (Å²) in [7, 11) is 0. The molecule has 0 aliphatic carbocycles. The normalized spacial score (nSPS) is 11.3. The number of benzene rings is 2. The molecule has 0 atom stereocenters. The second kappa shape index (κ2) is 7.94. The lowest BCUT2D eigenvalue weighted by atomic mass is 9.96. The Morgan fingerprint density at radius 3 is 2.58 bits per heavy atom. The number of fused-ring (bicyclic) bond motifs is 1. The van der Waals surface area contributed by atoms with Crippen LogP contribution in [0.2, 0.25) is 0 Å². The van der Waals surface area contributed by atoms with Crippen LogP contribution in [0.5, 0.6) is 0 Å². The molecule has 31 heavy (non-hydrogen) atoms. The maximum absolute atomic E-state index is 13.0. The summed E-state index contributed by atoms with van der Waals surface area (Å²) in [6, 6.07) is 16.1. The topological polar surface area (TPSA) is 118 Å². The van der Waals surface area contributed by atoms with E-state index in [0.29, 0.717) is 23.6 Å². The number of hydrogen-bond donors (Lipinski definition) is 2. The molecule has 0 unspecified atom stereocenters. The van der Waals surface area contributed by atoms with Crippen LogP contribution in [0, 0.1) is 0 Å². The molecule has 9 nitrogen and oxygen atoms in total. The molecule has 0 radical (unpaired) electrons. The lowest BCUT2D eigenvalue weighted by Gasteiger charge is -2.10. The number of tetrazole rings is 1. The fraction of sp³-hybridized carbons (Fsp3) is 0.182. The third-order valence-corrected chi connectivity index (χ3v) is 5.26. The molecule has 5 rings (SSSR count). The Morgan fingerprint density at radius 2 is 1.84 bits per heavy atom. The number of nitrogens with one attached hydrogen (secondary N) is 2. The predicted octanol–water partition coefficient (Wildman–Crippen LogP) is 2.81. The highest BCUT2D eigenvalue weighted by Gasteiger charge is 2.15. The summed E-state index contributed by atoms with van der Waals surface area (Å²) in [6.45, 7) is 2.08. The quantitative estimate of drug-likeness (QED) is 0.443. The molecule has 2 N–H and O–H groups in total. The summed E-state index contributed by atoms with van der Waals surface area (Å²) in [5.41, 5.74) is 5.41. The van der Waals surface area contributed by atoms with Crippen LogP contribution >= 0.6 is 0 Å². The van der Waals surface area contributed by atoms with Gasteiger partial charge in [0.15, 0.2) is 0 Å². The number of H-pyrrole nitrogens is 2. The second-order valence-corrected chi connectivity index (χ2v) is 7.27. The number of aryl methyl sites for hydroxylation is 1. The van der Waals surface area contributed by atoms with Gasteiger partial charge in [-0.05, 0) is 28.3 Å². The number of aromatic amines is 2. The van der Waals surface area contributed by atoms with E-state index in [-0.39, 0.29) is 5.56 Å². The molecule has 0 saturated heterocycles. The number of hydrogen-bond acceptors (Lipinski definition) is 6. The van der Waals surface area contributed by atoms with E-state index in [2.05, 4.69) is 42.6 Å². The first-order valence-electron chi connectivity index (χ1n) is 10.1. The Labute approximate surface area is 177 Å². The second-order valence-electron chi connectivity index (χ2n) is 7.27. The van der Waals surface area contributed by atoms with Crippen LogP contribution in [0.15, 0.2) is 59.7 Å². The molecule has 0 aliphatic rings. The van der Waals surface area contributed by atoms with Gasteiger partial charge in [0, 0.05) is 17.5 Å². The standard InChI is InChI=1S/C22H20N8O/c1-2-5-19-18(21(31)30-22(25-19)23-13-24-30)12-14-8-10-15(11-9-14)16-6-3-4-7-17(16)20-26-28-29-27-20/h3-4,6-11,13H,2,5,12H2,1H3,(H,23,24,25)(H,26,27,28,29). The third kappa shape index (κ3) is 3.50. The van der Waals surface area contributed by atoms with Gasteiger partial charge in [0.2, 0.25) is 5.82 Å². The van der Waals surface area contributed by atoms with Gasteiger partial charge in [-0.1, -0.05) is 61.9 Å². The molecule has 9 heteroatoms. The fourth-order valence-electron chi connectivity index (χ4n) is 3.77. The average molecular weight is 412 g/mol. The molecule has 0 saturated carbocycles. The van der Waals surface area contributed by atoms with Crippen molar-refractivity contribution in [2.24, 2.45) is 0 Å². The molecule has 2 aromatic carbocycles. The Morgan fingerprint density at radius 1 is 1.03 bits per heavy atom. The summed E-state index contributed by atoms with van der Waals surface area (Å²) in [5.74, 6) is 0.960. The zero-order chi connectivity index (χ0) is 21.2. The Kier molecular flexibility index (Phi) is 4.83. The van der Waals surface area contributed by atoms with Crippen molar-refractivity contribution in [3.8, 4) is 22.5 Å². The van der Waals surface area contributed by atoms with Crippen molar-refractivity contribution in [2.75, 3.05) is 0 Å². The lowest BCUT2D eigenvalue weighted by molar-refractivity contribution is 0.807. The summed E-state index contributed by atoms with van der Waals surface area (Å²) in [4.78, 5) is 21.7. The summed E-state index contributed by atoms with van der Waals surface area (Å²) >= 11 is 0. The molecule has 0 fully saturated rings. The highest BCUT2D eigenvalue weighted by atomic mass is 16.1. The van der Waals surface area contributed by atoms with Crippen LogP contribution in [0.25, 0.3) is 28.3 Å². The molecule has 154 valence electrons. The molecular formula is C22H20N8O. The van der Waals surface area contributed by atoms with Crippen LogP contribution in [0.3, 0.4) is 0 Å². The molecule has 5 aromatic rings. The zero-order valence-electron chi connectivity index (χ0n) is 16.9. The first-order chi connectivity index (χ1) is 15.2. The van der Waals surface area contributed by atoms with E-state index in [1.54, 1.807) is 0 Å². The number of aromatic nitrogens is 8. The van der Waals surface area contributed by atoms with Crippen LogP contribution in [-0.2, 0) is 12.8 Å². The number of rotatable bonds is 6. The highest BCUT2D eigenvalue weighted by Crippen LogP contribution is 2.30. The van der Waals surface area contributed by atoms with E-state index < -0.39 is 0 Å². The fourth-order valence-corrected chi connectivity index (χ4v) is 3.77. The van der Waals surface area contributed by atoms with Crippen molar-refractivity contribution in [2.45, 2.75) is 26.2 Å². The van der Waals surface area contributed by atoms with Gasteiger partial charge in [0.05, 0.1) is 5.69 Å². The van der Waals surface area contributed by atoms with Gasteiger partial charge < -0.3 is 0 Å². The van der Waals surface area contributed by atoms with E-state index in [1.165, 1.54) is 10.8 Å². The molecule has 0 aliphatic heterocycles. The van der Waals surface area contributed by atoms with Crippen molar-refractivity contribution < 1.29 is 0 Å². The van der Waals surface area contributed by atoms with E-state index in [0.717, 1.165) is 40.8 Å². The van der Waals surface area contributed by atoms with Crippen LogP contribution < -0.4 is 5.56 Å². The van der Waals surface area contributed by atoms with Gasteiger partial charge in [-0.3, -0.25) is 9.89 Å². The SMILES string of the molecule is CCCc1nc2nc[nH]n2c(=O)c1Cc1ccc(-c2ccccc2-c2nn[nH]n2)cc1. The average Bonchev–Trinajstić information content (AvgIpc) is 3.49. The first-order valence-corrected chi connectivity index (χ1v) is 10.1. The molecule has 0 spiro atoms. The van der Waals surface area contributed by atoms with Crippen molar-refractivity contribution in [3.05, 3.63) is 82.0 Å². The van der Waals surface area contributed by atoms with Crippen LogP contribution in [0.1, 0.15) is 30.2 Å². The van der Waals surface area contributed by atoms with Gasteiger partial charge in [-0.25, -0.2) is 9.97 Å². The lowest BCUT2D eigenvalue weighted by Crippen LogP contribution is -2.23. The van der Waals surface area contributed by atoms with Crippen LogP contribution in [0.4, 0.5) is 0 Å². The summed E-state index contributed by atoms with van der Waals surface area (Å²) in [6.07, 6.45) is 3.64. The van der Waals surface area contributed by atoms with Crippen molar-refractivity contribution in [1.29, 1.82) is 0 Å².